The summed E-state index contributed by atoms with van der Waals surface area (Å²) < 4.78 is 5.89. The molecule has 0 atom stereocenters. The maximum absolute atomic E-state index is 11.4. The van der Waals surface area contributed by atoms with E-state index in [2.05, 4.69) is 12.1 Å². The molecule has 3 aromatic rings. The molecule has 1 fully saturated rings. The molecular weight excluding hydrogens is 348 g/mol. The van der Waals surface area contributed by atoms with Crippen LogP contribution in [0, 0.1) is 0 Å². The number of aromatic carboxylic acids is 1. The minimum atomic E-state index is -0.865. The third-order valence-corrected chi connectivity index (χ3v) is 5.51. The van der Waals surface area contributed by atoms with Crippen LogP contribution in [0.2, 0.25) is 0 Å². The highest BCUT2D eigenvalue weighted by molar-refractivity contribution is 5.89. The normalized spacial score (nSPS) is 14.1. The van der Waals surface area contributed by atoms with Crippen molar-refractivity contribution < 1.29 is 14.6 Å². The Morgan fingerprint density at radius 2 is 1.64 bits per heavy atom. The fraction of sp³-hybridized carbons (Fsp3) is 0.240. The lowest BCUT2D eigenvalue weighted by atomic mass is 9.88. The van der Waals surface area contributed by atoms with Crippen LogP contribution >= 0.6 is 0 Å². The summed E-state index contributed by atoms with van der Waals surface area (Å²) >= 11 is 0. The molecular formula is C25H24O3. The van der Waals surface area contributed by atoms with E-state index in [9.17, 15) is 9.90 Å². The first-order chi connectivity index (χ1) is 13.7. The van der Waals surface area contributed by atoms with E-state index in [0.29, 0.717) is 18.1 Å². The van der Waals surface area contributed by atoms with Gasteiger partial charge in [-0.15, -0.1) is 0 Å². The number of carboxylic acids is 1. The predicted octanol–water partition coefficient (Wildman–Crippen LogP) is 6.29. The summed E-state index contributed by atoms with van der Waals surface area (Å²) in [7, 11) is 0. The first kappa shape index (κ1) is 18.3. The van der Waals surface area contributed by atoms with Crippen LogP contribution in [-0.4, -0.2) is 11.1 Å². The standard InChI is InChI=1S/C25H24O3/c26-25(27)21-12-15-23(24(16-21)19-8-4-5-9-19)20-10-13-22(14-11-20)28-17-18-6-2-1-3-7-18/h1-3,6-7,10-16,19H,4-5,8-9,17H2,(H,26,27). The Bertz CT molecular complexity index is 939. The lowest BCUT2D eigenvalue weighted by Crippen LogP contribution is -2.02. The van der Waals surface area contributed by atoms with Crippen molar-refractivity contribution in [3.8, 4) is 16.9 Å². The summed E-state index contributed by atoms with van der Waals surface area (Å²) in [5.41, 5.74) is 4.90. The molecule has 0 spiro atoms. The maximum atomic E-state index is 11.4. The second kappa shape index (κ2) is 8.30. The van der Waals surface area contributed by atoms with E-state index in [0.717, 1.165) is 40.8 Å². The summed E-state index contributed by atoms with van der Waals surface area (Å²) in [5.74, 6) is 0.413. The molecule has 142 valence electrons. The van der Waals surface area contributed by atoms with E-state index in [1.165, 1.54) is 12.8 Å². The van der Waals surface area contributed by atoms with Crippen LogP contribution < -0.4 is 4.74 Å². The van der Waals surface area contributed by atoms with E-state index >= 15 is 0 Å². The van der Waals surface area contributed by atoms with Gasteiger partial charge in [0, 0.05) is 0 Å². The second-order valence-electron chi connectivity index (χ2n) is 7.39. The minimum absolute atomic E-state index is 0.369. The molecule has 4 rings (SSSR count). The van der Waals surface area contributed by atoms with Crippen molar-refractivity contribution in [2.45, 2.75) is 38.2 Å². The molecule has 0 aromatic heterocycles. The zero-order valence-electron chi connectivity index (χ0n) is 15.8. The van der Waals surface area contributed by atoms with Gasteiger partial charge < -0.3 is 9.84 Å². The van der Waals surface area contributed by atoms with E-state index in [1.54, 1.807) is 6.07 Å². The number of rotatable bonds is 6. The minimum Gasteiger partial charge on any atom is -0.489 e. The van der Waals surface area contributed by atoms with E-state index in [1.807, 2.05) is 54.6 Å². The smallest absolute Gasteiger partial charge is 0.335 e. The average Bonchev–Trinajstić information content (AvgIpc) is 3.28. The molecule has 3 nitrogen and oxygen atoms in total. The topological polar surface area (TPSA) is 46.5 Å². The van der Waals surface area contributed by atoms with Gasteiger partial charge in [0.25, 0.3) is 0 Å². The summed E-state index contributed by atoms with van der Waals surface area (Å²) in [4.78, 5) is 11.4. The van der Waals surface area contributed by atoms with E-state index in [-0.39, 0.29) is 0 Å². The Balaban J connectivity index is 1.57. The summed E-state index contributed by atoms with van der Waals surface area (Å²) in [6.07, 6.45) is 4.70. The van der Waals surface area contributed by atoms with Crippen LogP contribution in [0.4, 0.5) is 0 Å². The number of benzene rings is 3. The van der Waals surface area contributed by atoms with Gasteiger partial charge in [-0.2, -0.15) is 0 Å². The van der Waals surface area contributed by atoms with Gasteiger partial charge in [0.2, 0.25) is 0 Å². The van der Waals surface area contributed by atoms with Crippen LogP contribution in [0.25, 0.3) is 11.1 Å². The Hall–Kier alpha value is -3.07. The molecule has 28 heavy (non-hydrogen) atoms. The van der Waals surface area contributed by atoms with Crippen LogP contribution in [0.5, 0.6) is 5.75 Å². The molecule has 0 heterocycles. The van der Waals surface area contributed by atoms with Crippen LogP contribution in [0.15, 0.2) is 72.8 Å². The Kier molecular flexibility index (Phi) is 5.43. The highest BCUT2D eigenvalue weighted by atomic mass is 16.5. The zero-order chi connectivity index (χ0) is 19.3. The Morgan fingerprint density at radius 1 is 0.929 bits per heavy atom. The van der Waals surface area contributed by atoms with Gasteiger partial charge in [-0.25, -0.2) is 4.79 Å². The van der Waals surface area contributed by atoms with Gasteiger partial charge in [-0.1, -0.05) is 61.4 Å². The zero-order valence-corrected chi connectivity index (χ0v) is 15.8. The van der Waals surface area contributed by atoms with Crippen molar-refractivity contribution >= 4 is 5.97 Å². The molecule has 0 unspecified atom stereocenters. The number of carboxylic acid groups (broad SMARTS) is 1. The highest BCUT2D eigenvalue weighted by Gasteiger charge is 2.22. The lowest BCUT2D eigenvalue weighted by molar-refractivity contribution is 0.0696. The first-order valence-corrected chi connectivity index (χ1v) is 9.85. The van der Waals surface area contributed by atoms with Gasteiger partial charge in [0.05, 0.1) is 5.56 Å². The fourth-order valence-corrected chi connectivity index (χ4v) is 4.00. The second-order valence-corrected chi connectivity index (χ2v) is 7.39. The largest absolute Gasteiger partial charge is 0.489 e. The maximum Gasteiger partial charge on any atom is 0.335 e. The van der Waals surface area contributed by atoms with Crippen molar-refractivity contribution in [1.29, 1.82) is 0 Å². The molecule has 0 saturated heterocycles. The van der Waals surface area contributed by atoms with Crippen molar-refractivity contribution in [1.82, 2.24) is 0 Å². The number of hydrogen-bond donors (Lipinski definition) is 1. The SMILES string of the molecule is O=C(O)c1ccc(-c2ccc(OCc3ccccc3)cc2)c(C2CCCC2)c1. The molecule has 0 radical (unpaired) electrons. The molecule has 0 aliphatic heterocycles. The first-order valence-electron chi connectivity index (χ1n) is 9.85. The van der Waals surface area contributed by atoms with E-state index in [4.69, 9.17) is 4.74 Å². The number of hydrogen-bond acceptors (Lipinski definition) is 2. The predicted molar refractivity (Wildman–Crippen MR) is 111 cm³/mol. The Morgan fingerprint density at radius 3 is 2.32 bits per heavy atom. The lowest BCUT2D eigenvalue weighted by Gasteiger charge is -2.17. The van der Waals surface area contributed by atoms with Gasteiger partial charge in [0.15, 0.2) is 0 Å². The van der Waals surface area contributed by atoms with Gasteiger partial charge in [-0.05, 0) is 65.3 Å². The molecule has 1 N–H and O–H groups in total. The quantitative estimate of drug-likeness (QED) is 0.553. The third-order valence-electron chi connectivity index (χ3n) is 5.51. The van der Waals surface area contributed by atoms with Crippen LogP contribution in [0.1, 0.15) is 53.1 Å². The molecule has 1 saturated carbocycles. The number of carbonyl (C=O) groups is 1. The van der Waals surface area contributed by atoms with Crippen molar-refractivity contribution in [2.75, 3.05) is 0 Å². The van der Waals surface area contributed by atoms with Gasteiger partial charge in [-0.3, -0.25) is 0 Å². The molecule has 1 aliphatic rings. The van der Waals surface area contributed by atoms with Crippen molar-refractivity contribution in [2.24, 2.45) is 0 Å². The molecule has 3 aromatic carbocycles. The Labute approximate surface area is 165 Å². The fourth-order valence-electron chi connectivity index (χ4n) is 4.00. The van der Waals surface area contributed by atoms with Gasteiger partial charge >= 0.3 is 5.97 Å². The molecule has 0 amide bonds. The molecule has 0 bridgehead atoms. The molecule has 3 heteroatoms. The highest BCUT2D eigenvalue weighted by Crippen LogP contribution is 2.40. The van der Waals surface area contributed by atoms with Crippen LogP contribution in [-0.2, 0) is 6.61 Å². The van der Waals surface area contributed by atoms with Crippen molar-refractivity contribution in [3.63, 3.8) is 0 Å². The van der Waals surface area contributed by atoms with E-state index < -0.39 is 5.97 Å². The monoisotopic (exact) mass is 372 g/mol. The summed E-state index contributed by atoms with van der Waals surface area (Å²) in [6, 6.07) is 23.7. The summed E-state index contributed by atoms with van der Waals surface area (Å²) in [5, 5.41) is 9.39. The average molecular weight is 372 g/mol. The van der Waals surface area contributed by atoms with Crippen LogP contribution in [0.3, 0.4) is 0 Å². The number of ether oxygens (including phenoxy) is 1. The molecule has 1 aliphatic carbocycles. The van der Waals surface area contributed by atoms with Gasteiger partial charge in [0.1, 0.15) is 12.4 Å². The van der Waals surface area contributed by atoms with Crippen molar-refractivity contribution in [3.05, 3.63) is 89.5 Å². The summed E-state index contributed by atoms with van der Waals surface area (Å²) in [6.45, 7) is 0.542. The third kappa shape index (κ3) is 4.09.